The van der Waals surface area contributed by atoms with Gasteiger partial charge in [-0.15, -0.1) is 0 Å². The van der Waals surface area contributed by atoms with Gasteiger partial charge in [0, 0.05) is 49.1 Å². The molecule has 324 valence electrons. The fourth-order valence-electron chi connectivity index (χ4n) is 5.93. The second-order valence-corrected chi connectivity index (χ2v) is 14.2. The first-order chi connectivity index (χ1) is 31.1. The fourth-order valence-corrected chi connectivity index (χ4v) is 5.93. The maximum Gasteiger partial charge on any atom is 0.141 e. The van der Waals surface area contributed by atoms with E-state index < -0.39 is 0 Å². The summed E-state index contributed by atoms with van der Waals surface area (Å²) < 4.78 is 0. The predicted molar refractivity (Wildman–Crippen MR) is 266 cm³/mol. The largest absolute Gasteiger partial charge is 0.506 e. The van der Waals surface area contributed by atoms with E-state index in [0.717, 1.165) is 45.1 Å². The number of nitrogens with zero attached hydrogens (tertiary/aromatic N) is 4. The summed E-state index contributed by atoms with van der Waals surface area (Å²) in [6.45, 7) is 7.73. The van der Waals surface area contributed by atoms with Gasteiger partial charge >= 0.3 is 0 Å². The molecule has 0 atom stereocenters. The van der Waals surface area contributed by atoms with Gasteiger partial charge in [-0.25, -0.2) is 20.0 Å². The van der Waals surface area contributed by atoms with E-state index in [9.17, 15) is 20.4 Å². The number of aliphatic imine (C=N–C) groups is 4. The van der Waals surface area contributed by atoms with Crippen molar-refractivity contribution in [1.29, 1.82) is 0 Å². The number of para-hydroxylation sites is 8. The normalized spacial score (nSPS) is 11.3. The molecule has 4 N–H and O–H groups in total. The van der Waals surface area contributed by atoms with Crippen molar-refractivity contribution in [3.8, 4) is 23.0 Å². The Labute approximate surface area is 401 Å². The van der Waals surface area contributed by atoms with E-state index in [0.29, 0.717) is 22.7 Å². The van der Waals surface area contributed by atoms with Crippen molar-refractivity contribution >= 4 is 45.6 Å². The summed E-state index contributed by atoms with van der Waals surface area (Å²) in [4.78, 5) is 17.6. The van der Waals surface area contributed by atoms with Crippen LogP contribution in [-0.4, -0.2) is 43.3 Å². The van der Waals surface area contributed by atoms with Gasteiger partial charge < -0.3 is 20.4 Å². The van der Waals surface area contributed by atoms with Gasteiger partial charge in [-0.2, -0.15) is 0 Å². The van der Waals surface area contributed by atoms with Gasteiger partial charge in [-0.05, 0) is 98.5 Å². The predicted octanol–water partition coefficient (Wildman–Crippen LogP) is 14.1. The van der Waals surface area contributed by atoms with Crippen molar-refractivity contribution in [2.24, 2.45) is 20.0 Å². The molecule has 0 bridgehead atoms. The Bertz CT molecular complexity index is 2410. The molecule has 8 aromatic carbocycles. The van der Waals surface area contributed by atoms with Crippen molar-refractivity contribution in [1.82, 2.24) is 0 Å². The molecule has 0 unspecified atom stereocenters. The summed E-state index contributed by atoms with van der Waals surface area (Å²) in [5.74, 6) is 0.825. The van der Waals surface area contributed by atoms with Gasteiger partial charge in [0.15, 0.2) is 0 Å². The van der Waals surface area contributed by atoms with Crippen molar-refractivity contribution in [3.63, 3.8) is 0 Å². The minimum absolute atomic E-state index is 0. The molecule has 0 spiro atoms. The van der Waals surface area contributed by atoms with Crippen LogP contribution in [0, 0.1) is 0 Å². The summed E-state index contributed by atoms with van der Waals surface area (Å²) in [6.07, 6.45) is 0. The summed E-state index contributed by atoms with van der Waals surface area (Å²) in [5, 5.41) is 38.4. The van der Waals surface area contributed by atoms with Crippen LogP contribution in [0.25, 0.3) is 0 Å². The van der Waals surface area contributed by atoms with Crippen LogP contribution >= 0.6 is 0 Å². The zero-order valence-corrected chi connectivity index (χ0v) is 39.3. The third-order valence-corrected chi connectivity index (χ3v) is 9.45. The van der Waals surface area contributed by atoms with E-state index >= 15 is 0 Å². The third kappa shape index (κ3) is 16.6. The second-order valence-electron chi connectivity index (χ2n) is 14.2. The van der Waals surface area contributed by atoms with Gasteiger partial charge in [0.1, 0.15) is 45.7 Å². The van der Waals surface area contributed by atoms with Gasteiger partial charge in [0.25, 0.3) is 0 Å². The molecule has 0 saturated heterocycles. The Hall–Kier alpha value is -7.48. The number of phenolic OH excluding ortho intramolecular Hbond substituents is 4. The number of rotatable bonds is 8. The summed E-state index contributed by atoms with van der Waals surface area (Å²) in [6, 6.07) is 67.9. The molecule has 0 aliphatic rings. The van der Waals surface area contributed by atoms with Gasteiger partial charge in [-0.3, -0.25) is 0 Å². The van der Waals surface area contributed by atoms with Crippen LogP contribution in [0.5, 0.6) is 23.0 Å². The van der Waals surface area contributed by atoms with Crippen LogP contribution in [0.4, 0.5) is 22.7 Å². The van der Waals surface area contributed by atoms with E-state index in [1.165, 1.54) is 0 Å². The molecule has 0 aliphatic heterocycles. The van der Waals surface area contributed by atoms with Crippen LogP contribution in [0.2, 0.25) is 0 Å². The molecule has 0 amide bonds. The molecule has 8 nitrogen and oxygen atoms in total. The maximum atomic E-state index is 9.60. The molecule has 0 aromatic heterocycles. The second kappa shape index (κ2) is 26.9. The molecule has 0 heterocycles. The molecule has 8 aromatic rings. The Balaban J connectivity index is 0.000000189. The molecule has 65 heavy (non-hydrogen) atoms. The number of hydrogen-bond acceptors (Lipinski definition) is 8. The first-order valence-corrected chi connectivity index (χ1v) is 20.6. The average Bonchev–Trinajstić information content (AvgIpc) is 3.33. The van der Waals surface area contributed by atoms with Crippen molar-refractivity contribution in [3.05, 3.63) is 241 Å². The smallest absolute Gasteiger partial charge is 0.141 e. The summed E-state index contributed by atoms with van der Waals surface area (Å²) in [5.41, 5.74) is 10.2. The van der Waals surface area contributed by atoms with Gasteiger partial charge in [-0.1, -0.05) is 170 Å². The topological polar surface area (TPSA) is 130 Å². The molecular weight excluding hydrogens is 884 g/mol. The number of hydrogen-bond donors (Lipinski definition) is 4. The summed E-state index contributed by atoms with van der Waals surface area (Å²) in [7, 11) is 0. The van der Waals surface area contributed by atoms with Crippen LogP contribution in [0.15, 0.2) is 238 Å². The minimum atomic E-state index is 0. The number of benzene rings is 8. The van der Waals surface area contributed by atoms with Crippen LogP contribution in [0.3, 0.4) is 0 Å². The van der Waals surface area contributed by atoms with E-state index in [1.807, 2.05) is 173 Å². The van der Waals surface area contributed by atoms with Crippen molar-refractivity contribution < 1.29 is 46.6 Å². The molecule has 0 radical (unpaired) electrons. The zero-order valence-electron chi connectivity index (χ0n) is 36.9. The van der Waals surface area contributed by atoms with Crippen LogP contribution in [-0.2, 0) is 26.2 Å². The zero-order chi connectivity index (χ0) is 45.5. The Morgan fingerprint density at radius 2 is 0.400 bits per heavy atom. The van der Waals surface area contributed by atoms with Crippen molar-refractivity contribution in [2.75, 3.05) is 0 Å². The van der Waals surface area contributed by atoms with E-state index in [1.54, 1.807) is 72.8 Å². The number of phenols is 4. The maximum absolute atomic E-state index is 9.60. The first-order valence-electron chi connectivity index (χ1n) is 20.6. The Morgan fingerprint density at radius 1 is 0.246 bits per heavy atom. The van der Waals surface area contributed by atoms with Gasteiger partial charge in [0.2, 0.25) is 0 Å². The molecule has 0 fully saturated rings. The standard InChI is InChI=1S/4C14H13NO.Zr/c4*1-11(12-7-3-2-4-8-12)15-13-9-5-6-10-14(13)16;/h4*2-10,16H,1H3;. The first kappa shape index (κ1) is 50.2. The van der Waals surface area contributed by atoms with E-state index in [-0.39, 0.29) is 49.2 Å². The van der Waals surface area contributed by atoms with Crippen molar-refractivity contribution in [2.45, 2.75) is 27.7 Å². The van der Waals surface area contributed by atoms with Crippen LogP contribution in [0.1, 0.15) is 49.9 Å². The molecule has 0 saturated carbocycles. The van der Waals surface area contributed by atoms with E-state index in [2.05, 4.69) is 20.0 Å². The average molecular weight is 936 g/mol. The SMILES string of the molecule is CC(=Nc1ccccc1O)c1ccccc1.CC(=Nc1ccccc1O)c1ccccc1.CC(=Nc1ccccc1O)c1ccccc1.CC(=Nc1ccccc1O)c1ccccc1.[Zr]. The molecule has 8 rings (SSSR count). The Kier molecular flexibility index (Phi) is 20.7. The fraction of sp³-hybridized carbons (Fsp3) is 0.0714. The van der Waals surface area contributed by atoms with Gasteiger partial charge in [0.05, 0.1) is 0 Å². The van der Waals surface area contributed by atoms with E-state index in [4.69, 9.17) is 0 Å². The van der Waals surface area contributed by atoms with Crippen LogP contribution < -0.4 is 0 Å². The Morgan fingerprint density at radius 3 is 0.569 bits per heavy atom. The summed E-state index contributed by atoms with van der Waals surface area (Å²) >= 11 is 0. The number of aromatic hydroxyl groups is 4. The quantitative estimate of drug-likeness (QED) is 0.113. The third-order valence-electron chi connectivity index (χ3n) is 9.45. The minimum Gasteiger partial charge on any atom is -0.506 e. The molecule has 0 aliphatic carbocycles. The molecular formula is C56H52N4O4Zr. The monoisotopic (exact) mass is 934 g/mol. The molecule has 9 heteroatoms.